The number of aldehydes is 1. The maximum atomic E-state index is 10.2. The van der Waals surface area contributed by atoms with Gasteiger partial charge in [0.25, 0.3) is 0 Å². The standard InChI is InChI=1S/C7H15O5P/c8-6-4-2-1-3-5-7-12-13(9,10)11/h6H,1-5,7H2,(H2,9,10,11). The summed E-state index contributed by atoms with van der Waals surface area (Å²) < 4.78 is 14.4. The van der Waals surface area contributed by atoms with Gasteiger partial charge in [-0.15, -0.1) is 0 Å². The number of hydrogen-bond acceptors (Lipinski definition) is 3. The van der Waals surface area contributed by atoms with Gasteiger partial charge in [0, 0.05) is 6.42 Å². The van der Waals surface area contributed by atoms with E-state index in [1.165, 1.54) is 0 Å². The van der Waals surface area contributed by atoms with Gasteiger partial charge in [-0.1, -0.05) is 12.8 Å². The van der Waals surface area contributed by atoms with Crippen LogP contribution in [0.1, 0.15) is 32.1 Å². The minimum Gasteiger partial charge on any atom is -0.303 e. The Labute approximate surface area is 77.3 Å². The fourth-order valence-electron chi connectivity index (χ4n) is 0.867. The largest absolute Gasteiger partial charge is 0.469 e. The summed E-state index contributed by atoms with van der Waals surface area (Å²) in [5, 5.41) is 0. The number of hydrogen-bond donors (Lipinski definition) is 2. The molecule has 0 heterocycles. The number of rotatable bonds is 8. The zero-order valence-electron chi connectivity index (χ0n) is 7.39. The number of phosphoric ester groups is 1. The van der Waals surface area contributed by atoms with Crippen LogP contribution in [-0.2, 0) is 13.9 Å². The van der Waals surface area contributed by atoms with Gasteiger partial charge in [0.2, 0.25) is 0 Å². The predicted molar refractivity (Wildman–Crippen MR) is 47.1 cm³/mol. The zero-order valence-corrected chi connectivity index (χ0v) is 8.28. The molecular formula is C7H15O5P. The minimum absolute atomic E-state index is 0.0748. The Balaban J connectivity index is 3.08. The van der Waals surface area contributed by atoms with E-state index in [2.05, 4.69) is 4.52 Å². The number of phosphoric acid groups is 1. The second-order valence-electron chi connectivity index (χ2n) is 2.69. The van der Waals surface area contributed by atoms with Crippen LogP contribution < -0.4 is 0 Å². The molecule has 5 nitrogen and oxygen atoms in total. The van der Waals surface area contributed by atoms with Crippen molar-refractivity contribution >= 4 is 14.1 Å². The Kier molecular flexibility index (Phi) is 7.09. The molecule has 0 aliphatic rings. The van der Waals surface area contributed by atoms with Crippen LogP contribution in [0.4, 0.5) is 0 Å². The van der Waals surface area contributed by atoms with E-state index in [9.17, 15) is 9.36 Å². The summed E-state index contributed by atoms with van der Waals surface area (Å²) in [4.78, 5) is 26.5. The zero-order chi connectivity index (χ0) is 10.2. The van der Waals surface area contributed by atoms with Crippen molar-refractivity contribution < 1.29 is 23.7 Å². The highest BCUT2D eigenvalue weighted by atomic mass is 31.2. The van der Waals surface area contributed by atoms with Crippen molar-refractivity contribution in [1.29, 1.82) is 0 Å². The van der Waals surface area contributed by atoms with Crippen LogP contribution in [0.25, 0.3) is 0 Å². The van der Waals surface area contributed by atoms with Crippen LogP contribution in [0.3, 0.4) is 0 Å². The van der Waals surface area contributed by atoms with Gasteiger partial charge in [-0.2, -0.15) is 0 Å². The summed E-state index contributed by atoms with van der Waals surface area (Å²) in [5.74, 6) is 0. The molecule has 0 aromatic rings. The maximum absolute atomic E-state index is 10.2. The van der Waals surface area contributed by atoms with E-state index in [1.807, 2.05) is 0 Å². The number of carbonyl (C=O) groups excluding carboxylic acids is 1. The lowest BCUT2D eigenvalue weighted by molar-refractivity contribution is -0.107. The molecule has 0 atom stereocenters. The Morgan fingerprint density at radius 3 is 2.31 bits per heavy atom. The van der Waals surface area contributed by atoms with E-state index in [0.717, 1.165) is 25.5 Å². The number of unbranched alkanes of at least 4 members (excludes halogenated alkanes) is 4. The van der Waals surface area contributed by atoms with Gasteiger partial charge >= 0.3 is 7.82 Å². The summed E-state index contributed by atoms with van der Waals surface area (Å²) in [6.07, 6.45) is 4.59. The molecule has 13 heavy (non-hydrogen) atoms. The molecule has 0 rings (SSSR count). The quantitative estimate of drug-likeness (QED) is 0.357. The maximum Gasteiger partial charge on any atom is 0.469 e. The van der Waals surface area contributed by atoms with Crippen molar-refractivity contribution in [2.45, 2.75) is 32.1 Å². The highest BCUT2D eigenvalue weighted by Crippen LogP contribution is 2.35. The Bertz CT molecular complexity index is 176. The average Bonchev–Trinajstić information content (AvgIpc) is 2.01. The minimum atomic E-state index is -4.28. The molecule has 0 fully saturated rings. The first-order valence-electron chi connectivity index (χ1n) is 4.20. The van der Waals surface area contributed by atoms with Crippen molar-refractivity contribution in [2.75, 3.05) is 6.61 Å². The summed E-state index contributed by atoms with van der Waals surface area (Å²) in [5.41, 5.74) is 0. The first kappa shape index (κ1) is 12.8. The van der Waals surface area contributed by atoms with Crippen molar-refractivity contribution in [3.63, 3.8) is 0 Å². The van der Waals surface area contributed by atoms with Crippen molar-refractivity contribution in [2.24, 2.45) is 0 Å². The van der Waals surface area contributed by atoms with E-state index in [-0.39, 0.29) is 6.61 Å². The van der Waals surface area contributed by atoms with Gasteiger partial charge < -0.3 is 14.6 Å². The first-order valence-corrected chi connectivity index (χ1v) is 5.73. The first-order chi connectivity index (χ1) is 6.06. The van der Waals surface area contributed by atoms with Crippen LogP contribution in [-0.4, -0.2) is 22.7 Å². The molecule has 0 aromatic heterocycles. The second-order valence-corrected chi connectivity index (χ2v) is 3.93. The monoisotopic (exact) mass is 210 g/mol. The molecule has 78 valence electrons. The van der Waals surface area contributed by atoms with Gasteiger partial charge in [-0.25, -0.2) is 4.57 Å². The molecule has 2 N–H and O–H groups in total. The summed E-state index contributed by atoms with van der Waals surface area (Å²) in [6.45, 7) is 0.0748. The lowest BCUT2D eigenvalue weighted by atomic mass is 10.2. The molecule has 0 aromatic carbocycles. The molecular weight excluding hydrogens is 195 g/mol. The van der Waals surface area contributed by atoms with E-state index in [1.54, 1.807) is 0 Å². The van der Waals surface area contributed by atoms with Crippen LogP contribution in [0.2, 0.25) is 0 Å². The van der Waals surface area contributed by atoms with Crippen LogP contribution in [0.5, 0.6) is 0 Å². The highest BCUT2D eigenvalue weighted by molar-refractivity contribution is 7.46. The van der Waals surface area contributed by atoms with Crippen LogP contribution in [0, 0.1) is 0 Å². The SMILES string of the molecule is O=CCCCCCCOP(=O)(O)O. The number of carbonyl (C=O) groups is 1. The van der Waals surface area contributed by atoms with E-state index >= 15 is 0 Å². The summed E-state index contributed by atoms with van der Waals surface area (Å²) in [7, 11) is -4.28. The fraction of sp³-hybridized carbons (Fsp3) is 0.857. The molecule has 6 heteroatoms. The van der Waals surface area contributed by atoms with Gasteiger partial charge in [-0.3, -0.25) is 4.52 Å². The van der Waals surface area contributed by atoms with Gasteiger partial charge in [0.05, 0.1) is 6.61 Å². The van der Waals surface area contributed by atoms with Crippen LogP contribution in [0.15, 0.2) is 0 Å². The van der Waals surface area contributed by atoms with Gasteiger partial charge in [0.15, 0.2) is 0 Å². The third kappa shape index (κ3) is 11.8. The molecule has 0 radical (unpaired) electrons. The topological polar surface area (TPSA) is 83.8 Å². The van der Waals surface area contributed by atoms with Crippen molar-refractivity contribution in [3.05, 3.63) is 0 Å². The fourth-order valence-corrected chi connectivity index (χ4v) is 1.23. The van der Waals surface area contributed by atoms with E-state index in [4.69, 9.17) is 9.79 Å². The summed E-state index contributed by atoms with van der Waals surface area (Å²) in [6, 6.07) is 0. The predicted octanol–water partition coefficient (Wildman–Crippen LogP) is 1.25. The molecule has 0 saturated heterocycles. The lowest BCUT2D eigenvalue weighted by Gasteiger charge is -2.03. The van der Waals surface area contributed by atoms with Crippen molar-refractivity contribution in [1.82, 2.24) is 0 Å². The molecule has 0 amide bonds. The smallest absolute Gasteiger partial charge is 0.303 e. The average molecular weight is 210 g/mol. The molecule has 0 saturated carbocycles. The van der Waals surface area contributed by atoms with Gasteiger partial charge in [0.1, 0.15) is 6.29 Å². The lowest BCUT2D eigenvalue weighted by Crippen LogP contribution is -1.92. The third-order valence-corrected chi connectivity index (χ3v) is 1.99. The third-order valence-electron chi connectivity index (χ3n) is 1.48. The summed E-state index contributed by atoms with van der Waals surface area (Å²) >= 11 is 0. The molecule has 0 spiro atoms. The van der Waals surface area contributed by atoms with Gasteiger partial charge in [-0.05, 0) is 12.8 Å². The Morgan fingerprint density at radius 2 is 1.77 bits per heavy atom. The Morgan fingerprint density at radius 1 is 1.15 bits per heavy atom. The van der Waals surface area contributed by atoms with Crippen LogP contribution >= 0.6 is 7.82 Å². The molecule has 0 aliphatic heterocycles. The molecule has 0 aliphatic carbocycles. The highest BCUT2D eigenvalue weighted by Gasteiger charge is 2.12. The normalized spacial score (nSPS) is 11.5. The molecule has 0 bridgehead atoms. The van der Waals surface area contributed by atoms with E-state index < -0.39 is 7.82 Å². The molecule has 0 unspecified atom stereocenters. The Hall–Kier alpha value is -0.220. The van der Waals surface area contributed by atoms with E-state index in [0.29, 0.717) is 12.8 Å². The second kappa shape index (κ2) is 7.21. The van der Waals surface area contributed by atoms with Crippen molar-refractivity contribution in [3.8, 4) is 0 Å².